The first-order valence-electron chi connectivity index (χ1n) is 7.28. The highest BCUT2D eigenvalue weighted by Gasteiger charge is 2.55. The zero-order valence-electron chi connectivity index (χ0n) is 12.8. The van der Waals surface area contributed by atoms with Gasteiger partial charge in [-0.15, -0.1) is 11.8 Å². The summed E-state index contributed by atoms with van der Waals surface area (Å²) in [5, 5.41) is 0. The van der Waals surface area contributed by atoms with Gasteiger partial charge in [-0.1, -0.05) is 27.7 Å². The van der Waals surface area contributed by atoms with Crippen LogP contribution < -0.4 is 5.73 Å². The monoisotopic (exact) mass is 299 g/mol. The molecule has 1 spiro atoms. The van der Waals surface area contributed by atoms with Gasteiger partial charge in [0.1, 0.15) is 4.87 Å². The average molecular weight is 299 g/mol. The first-order valence-corrected chi connectivity index (χ1v) is 8.27. The summed E-state index contributed by atoms with van der Waals surface area (Å²) in [4.78, 5) is 28.0. The van der Waals surface area contributed by atoms with Crippen molar-refractivity contribution in [1.82, 2.24) is 9.80 Å². The molecule has 2 N–H and O–H groups in total. The fourth-order valence-electron chi connectivity index (χ4n) is 2.70. The molecule has 6 heteroatoms. The Bertz CT molecular complexity index is 405. The lowest BCUT2D eigenvalue weighted by Crippen LogP contribution is -2.70. The highest BCUT2D eigenvalue weighted by molar-refractivity contribution is 8.01. The molecule has 2 fully saturated rings. The molecule has 0 unspecified atom stereocenters. The molecule has 2 saturated heterocycles. The second kappa shape index (κ2) is 5.56. The average Bonchev–Trinajstić information content (AvgIpc) is 2.78. The summed E-state index contributed by atoms with van der Waals surface area (Å²) in [5.74, 6) is 1.30. The van der Waals surface area contributed by atoms with Crippen molar-refractivity contribution < 1.29 is 9.59 Å². The maximum Gasteiger partial charge on any atom is 0.239 e. The molecule has 0 aromatic rings. The van der Waals surface area contributed by atoms with Gasteiger partial charge < -0.3 is 15.5 Å². The Morgan fingerprint density at radius 3 is 2.25 bits per heavy atom. The van der Waals surface area contributed by atoms with Crippen LogP contribution in [-0.4, -0.2) is 57.9 Å². The van der Waals surface area contributed by atoms with Crippen LogP contribution >= 0.6 is 11.8 Å². The molecule has 2 rings (SSSR count). The zero-order valence-corrected chi connectivity index (χ0v) is 13.6. The number of hydrogen-bond acceptors (Lipinski definition) is 4. The van der Waals surface area contributed by atoms with Crippen LogP contribution in [0.25, 0.3) is 0 Å². The van der Waals surface area contributed by atoms with Crippen LogP contribution in [0.2, 0.25) is 0 Å². The van der Waals surface area contributed by atoms with E-state index in [0.29, 0.717) is 13.1 Å². The summed E-state index contributed by atoms with van der Waals surface area (Å²) < 4.78 is 0. The molecular weight excluding hydrogens is 274 g/mol. The van der Waals surface area contributed by atoms with Gasteiger partial charge in [0.05, 0.1) is 19.1 Å². The van der Waals surface area contributed by atoms with E-state index in [9.17, 15) is 9.59 Å². The second-order valence-corrected chi connectivity index (χ2v) is 7.86. The minimum absolute atomic E-state index is 0.00764. The van der Waals surface area contributed by atoms with Crippen molar-refractivity contribution in [3.63, 3.8) is 0 Å². The number of hydrogen-bond donors (Lipinski definition) is 1. The van der Waals surface area contributed by atoms with E-state index in [2.05, 4.69) is 0 Å². The van der Waals surface area contributed by atoms with Gasteiger partial charge in [0.15, 0.2) is 0 Å². The van der Waals surface area contributed by atoms with Gasteiger partial charge >= 0.3 is 0 Å². The molecular formula is C14H25N3O2S. The number of amides is 2. The van der Waals surface area contributed by atoms with Gasteiger partial charge in [-0.2, -0.15) is 0 Å². The summed E-state index contributed by atoms with van der Waals surface area (Å²) in [6.07, 6.45) is 0. The van der Waals surface area contributed by atoms with Crippen molar-refractivity contribution in [3.8, 4) is 0 Å². The lowest BCUT2D eigenvalue weighted by Gasteiger charge is -2.52. The maximum atomic E-state index is 12.3. The summed E-state index contributed by atoms with van der Waals surface area (Å²) in [7, 11) is 0. The predicted molar refractivity (Wildman–Crippen MR) is 81.1 cm³/mol. The minimum atomic E-state index is -0.437. The Morgan fingerprint density at radius 1 is 1.15 bits per heavy atom. The molecule has 2 aliphatic heterocycles. The Morgan fingerprint density at radius 2 is 1.75 bits per heavy atom. The molecule has 0 bridgehead atoms. The van der Waals surface area contributed by atoms with E-state index in [1.165, 1.54) is 0 Å². The van der Waals surface area contributed by atoms with Gasteiger partial charge in [-0.05, 0) is 5.92 Å². The summed E-state index contributed by atoms with van der Waals surface area (Å²) in [5.41, 5.74) is 5.92. The smallest absolute Gasteiger partial charge is 0.239 e. The Labute approximate surface area is 125 Å². The number of nitrogens with two attached hydrogens (primary N) is 1. The second-order valence-electron chi connectivity index (χ2n) is 6.40. The van der Waals surface area contributed by atoms with E-state index < -0.39 is 6.04 Å². The summed E-state index contributed by atoms with van der Waals surface area (Å²) in [6.45, 7) is 9.79. The van der Waals surface area contributed by atoms with Gasteiger partial charge in [0, 0.05) is 18.2 Å². The highest BCUT2D eigenvalue weighted by atomic mass is 32.2. The fraction of sp³-hybridized carbons (Fsp3) is 0.857. The molecule has 0 radical (unpaired) electrons. The predicted octanol–water partition coefficient (Wildman–Crippen LogP) is 0.740. The topological polar surface area (TPSA) is 66.6 Å². The zero-order chi connectivity index (χ0) is 15.1. The van der Waals surface area contributed by atoms with Crippen molar-refractivity contribution in [2.24, 2.45) is 17.6 Å². The quantitative estimate of drug-likeness (QED) is 0.835. The van der Waals surface area contributed by atoms with E-state index in [4.69, 9.17) is 5.73 Å². The summed E-state index contributed by atoms with van der Waals surface area (Å²) in [6, 6.07) is -0.437. The van der Waals surface area contributed by atoms with Crippen LogP contribution in [0.1, 0.15) is 27.7 Å². The lowest BCUT2D eigenvalue weighted by atomic mass is 9.98. The standard InChI is InChI=1S/C14H25N3O2S/c1-9(2)11(15)13(19)16-7-14(8-16)17(5-6-20-14)12(18)10(3)4/h9-11H,5-8,15H2,1-4H3/t11-/m0/s1. The first kappa shape index (κ1) is 15.6. The Hall–Kier alpha value is -0.750. The number of nitrogens with zero attached hydrogens (tertiary/aromatic N) is 2. The van der Waals surface area contributed by atoms with E-state index in [1.807, 2.05) is 32.6 Å². The molecule has 2 aliphatic rings. The highest BCUT2D eigenvalue weighted by Crippen LogP contribution is 2.44. The molecule has 0 aromatic carbocycles. The van der Waals surface area contributed by atoms with Crippen LogP contribution in [0.15, 0.2) is 0 Å². The number of likely N-dealkylation sites (tertiary alicyclic amines) is 1. The van der Waals surface area contributed by atoms with Crippen LogP contribution in [0.3, 0.4) is 0 Å². The minimum Gasteiger partial charge on any atom is -0.335 e. The van der Waals surface area contributed by atoms with Crippen molar-refractivity contribution >= 4 is 23.6 Å². The molecule has 114 valence electrons. The van der Waals surface area contributed by atoms with Gasteiger partial charge in [-0.3, -0.25) is 9.59 Å². The van der Waals surface area contributed by atoms with E-state index in [1.54, 1.807) is 16.7 Å². The molecule has 2 amide bonds. The molecule has 5 nitrogen and oxygen atoms in total. The van der Waals surface area contributed by atoms with Crippen LogP contribution in [-0.2, 0) is 9.59 Å². The third-order valence-electron chi connectivity index (χ3n) is 4.13. The van der Waals surface area contributed by atoms with Crippen molar-refractivity contribution in [2.75, 3.05) is 25.4 Å². The van der Waals surface area contributed by atoms with Gasteiger partial charge in [0.2, 0.25) is 11.8 Å². The molecule has 0 aliphatic carbocycles. The lowest BCUT2D eigenvalue weighted by molar-refractivity contribution is -0.151. The third-order valence-corrected chi connectivity index (χ3v) is 5.53. The maximum absolute atomic E-state index is 12.3. The first-order chi connectivity index (χ1) is 9.28. The Balaban J connectivity index is 2.00. The van der Waals surface area contributed by atoms with Crippen LogP contribution in [0, 0.1) is 11.8 Å². The number of carbonyl (C=O) groups excluding carboxylic acids is 2. The van der Waals surface area contributed by atoms with Crippen molar-refractivity contribution in [3.05, 3.63) is 0 Å². The van der Waals surface area contributed by atoms with Gasteiger partial charge in [0.25, 0.3) is 0 Å². The fourth-order valence-corrected chi connectivity index (χ4v) is 4.18. The number of thioether (sulfide) groups is 1. The molecule has 0 aromatic heterocycles. The normalized spacial score (nSPS) is 22.6. The molecule has 0 saturated carbocycles. The summed E-state index contributed by atoms with van der Waals surface area (Å²) >= 11 is 1.80. The number of rotatable bonds is 3. The third kappa shape index (κ3) is 2.55. The SMILES string of the molecule is CC(C)C(=O)N1CCSC12CN(C(=O)[C@@H](N)C(C)C)C2. The molecule has 1 atom stereocenters. The van der Waals surface area contributed by atoms with E-state index in [0.717, 1.165) is 12.3 Å². The Kier molecular flexibility index (Phi) is 4.35. The molecule has 2 heterocycles. The molecule has 20 heavy (non-hydrogen) atoms. The van der Waals surface area contributed by atoms with Crippen LogP contribution in [0.5, 0.6) is 0 Å². The van der Waals surface area contributed by atoms with Gasteiger partial charge in [-0.25, -0.2) is 0 Å². The van der Waals surface area contributed by atoms with E-state index in [-0.39, 0.29) is 28.5 Å². The number of carbonyl (C=O) groups is 2. The van der Waals surface area contributed by atoms with Crippen molar-refractivity contribution in [1.29, 1.82) is 0 Å². The largest absolute Gasteiger partial charge is 0.335 e. The van der Waals surface area contributed by atoms with Crippen molar-refractivity contribution in [2.45, 2.75) is 38.6 Å². The van der Waals surface area contributed by atoms with E-state index >= 15 is 0 Å². The van der Waals surface area contributed by atoms with Crippen LogP contribution in [0.4, 0.5) is 0 Å².